The summed E-state index contributed by atoms with van der Waals surface area (Å²) in [6.45, 7) is 3.78. The topological polar surface area (TPSA) is 43.4 Å². The Morgan fingerprint density at radius 1 is 1.29 bits per heavy atom. The first kappa shape index (κ1) is 12.9. The van der Waals surface area contributed by atoms with Gasteiger partial charge in [0.05, 0.1) is 6.61 Å². The van der Waals surface area contributed by atoms with Crippen LogP contribution in [0.3, 0.4) is 0 Å². The lowest BCUT2D eigenvalue weighted by atomic mass is 10.1. The van der Waals surface area contributed by atoms with Crippen molar-refractivity contribution in [2.75, 3.05) is 6.61 Å². The van der Waals surface area contributed by atoms with Crippen LogP contribution in [0.15, 0.2) is 12.2 Å². The predicted molar refractivity (Wildman–Crippen MR) is 54.9 cm³/mol. The minimum atomic E-state index is -0.293. The number of carbonyl (C=O) groups is 2. The van der Waals surface area contributed by atoms with Gasteiger partial charge in [-0.1, -0.05) is 6.08 Å². The highest BCUT2D eigenvalue weighted by Crippen LogP contribution is 2.01. The average Bonchev–Trinajstić information content (AvgIpc) is 2.11. The normalized spacial score (nSPS) is 10.4. The van der Waals surface area contributed by atoms with Crippen LogP contribution in [0.5, 0.6) is 0 Å². The number of ether oxygens (including phenoxy) is 1. The molecule has 0 radical (unpaired) electrons. The smallest absolute Gasteiger partial charge is 0.330 e. The molecule has 0 aliphatic rings. The van der Waals surface area contributed by atoms with E-state index in [4.69, 9.17) is 4.74 Å². The summed E-state index contributed by atoms with van der Waals surface area (Å²) >= 11 is 0. The number of ketones is 1. The maximum atomic E-state index is 10.8. The lowest BCUT2D eigenvalue weighted by Crippen LogP contribution is -1.98. The van der Waals surface area contributed by atoms with Crippen LogP contribution in [0.1, 0.15) is 39.5 Å². The molecule has 0 fully saturated rings. The molecule has 0 amide bonds. The molecule has 0 rings (SSSR count). The summed E-state index contributed by atoms with van der Waals surface area (Å²) in [7, 11) is 0. The second-order valence-corrected chi connectivity index (χ2v) is 3.10. The number of hydrogen-bond acceptors (Lipinski definition) is 3. The van der Waals surface area contributed by atoms with Crippen LogP contribution < -0.4 is 0 Å². The Morgan fingerprint density at radius 2 is 2.00 bits per heavy atom. The fourth-order valence-corrected chi connectivity index (χ4v) is 1.01. The van der Waals surface area contributed by atoms with E-state index in [1.165, 1.54) is 6.08 Å². The third kappa shape index (κ3) is 8.97. The summed E-state index contributed by atoms with van der Waals surface area (Å²) < 4.78 is 4.71. The molecule has 0 N–H and O–H groups in total. The van der Waals surface area contributed by atoms with E-state index < -0.39 is 0 Å². The molecule has 80 valence electrons. The van der Waals surface area contributed by atoms with Gasteiger partial charge in [-0.05, 0) is 33.1 Å². The van der Waals surface area contributed by atoms with Crippen molar-refractivity contribution < 1.29 is 14.3 Å². The van der Waals surface area contributed by atoms with E-state index in [0.717, 1.165) is 19.3 Å². The third-order valence-corrected chi connectivity index (χ3v) is 1.69. The highest BCUT2D eigenvalue weighted by atomic mass is 16.5. The number of rotatable bonds is 7. The largest absolute Gasteiger partial charge is 0.463 e. The number of Topliss-reactive ketones (excluding diaryl/α,β-unsaturated/α-hetero) is 1. The summed E-state index contributed by atoms with van der Waals surface area (Å²) in [5.74, 6) is -0.0709. The van der Waals surface area contributed by atoms with Gasteiger partial charge < -0.3 is 9.53 Å². The number of unbranched alkanes of at least 4 members (excludes halogenated alkanes) is 2. The third-order valence-electron chi connectivity index (χ3n) is 1.69. The zero-order chi connectivity index (χ0) is 10.8. The Kier molecular flexibility index (Phi) is 7.80. The summed E-state index contributed by atoms with van der Waals surface area (Å²) in [5.41, 5.74) is 0. The van der Waals surface area contributed by atoms with E-state index in [1.807, 2.05) is 0 Å². The molecule has 0 aliphatic carbocycles. The van der Waals surface area contributed by atoms with Gasteiger partial charge in [-0.2, -0.15) is 0 Å². The van der Waals surface area contributed by atoms with Gasteiger partial charge >= 0.3 is 5.97 Å². The van der Waals surface area contributed by atoms with Crippen LogP contribution in [0, 0.1) is 0 Å². The Morgan fingerprint density at radius 3 is 2.57 bits per heavy atom. The van der Waals surface area contributed by atoms with Crippen molar-refractivity contribution in [3.63, 3.8) is 0 Å². The molecular formula is C11H18O3. The first-order valence-corrected chi connectivity index (χ1v) is 4.99. The number of carbonyl (C=O) groups excluding carboxylic acids is 2. The zero-order valence-corrected chi connectivity index (χ0v) is 8.91. The maximum absolute atomic E-state index is 10.8. The first-order chi connectivity index (χ1) is 6.66. The van der Waals surface area contributed by atoms with Crippen molar-refractivity contribution in [2.45, 2.75) is 39.5 Å². The molecule has 3 heteroatoms. The number of esters is 1. The summed E-state index contributed by atoms with van der Waals surface area (Å²) in [5, 5.41) is 0. The molecule has 0 saturated heterocycles. The Bertz CT molecular complexity index is 207. The molecule has 0 atom stereocenters. The molecule has 0 aromatic heterocycles. The van der Waals surface area contributed by atoms with Crippen LogP contribution in [0.2, 0.25) is 0 Å². The van der Waals surface area contributed by atoms with Gasteiger partial charge in [-0.15, -0.1) is 0 Å². The van der Waals surface area contributed by atoms with Crippen LogP contribution in [0.4, 0.5) is 0 Å². The average molecular weight is 198 g/mol. The summed E-state index contributed by atoms with van der Waals surface area (Å²) in [4.78, 5) is 21.4. The van der Waals surface area contributed by atoms with Crippen LogP contribution in [-0.4, -0.2) is 18.4 Å². The van der Waals surface area contributed by atoms with Gasteiger partial charge in [0.2, 0.25) is 0 Å². The van der Waals surface area contributed by atoms with Gasteiger partial charge in [-0.25, -0.2) is 4.79 Å². The van der Waals surface area contributed by atoms with E-state index in [9.17, 15) is 9.59 Å². The molecule has 0 heterocycles. The number of hydrogen-bond donors (Lipinski definition) is 0. The van der Waals surface area contributed by atoms with E-state index in [2.05, 4.69) is 0 Å². The van der Waals surface area contributed by atoms with Gasteiger partial charge in [-0.3, -0.25) is 0 Å². The lowest BCUT2D eigenvalue weighted by molar-refractivity contribution is -0.137. The van der Waals surface area contributed by atoms with Crippen molar-refractivity contribution in [3.8, 4) is 0 Å². The molecule has 0 aliphatic heterocycles. The fourth-order valence-electron chi connectivity index (χ4n) is 1.01. The Labute approximate surface area is 85.1 Å². The molecule has 14 heavy (non-hydrogen) atoms. The zero-order valence-electron chi connectivity index (χ0n) is 8.91. The van der Waals surface area contributed by atoms with Crippen LogP contribution in [-0.2, 0) is 14.3 Å². The summed E-state index contributed by atoms with van der Waals surface area (Å²) in [6.07, 6.45) is 6.52. The molecule has 0 aromatic rings. The van der Waals surface area contributed by atoms with Crippen molar-refractivity contribution in [1.82, 2.24) is 0 Å². The fraction of sp³-hybridized carbons (Fsp3) is 0.636. The van der Waals surface area contributed by atoms with Crippen molar-refractivity contribution in [3.05, 3.63) is 12.2 Å². The Balaban J connectivity index is 3.35. The van der Waals surface area contributed by atoms with Crippen molar-refractivity contribution in [2.24, 2.45) is 0 Å². The standard InChI is InChI=1S/C11H18O3/c1-3-14-11(13)9-7-5-4-6-8-10(2)12/h7,9H,3-6,8H2,1-2H3/b9-7+. The van der Waals surface area contributed by atoms with Crippen LogP contribution in [0.25, 0.3) is 0 Å². The molecule has 0 saturated carbocycles. The van der Waals surface area contributed by atoms with Gasteiger partial charge in [0, 0.05) is 12.5 Å². The first-order valence-electron chi connectivity index (χ1n) is 4.99. The molecule has 0 unspecified atom stereocenters. The predicted octanol–water partition coefficient (Wildman–Crippen LogP) is 2.26. The maximum Gasteiger partial charge on any atom is 0.330 e. The van der Waals surface area contributed by atoms with E-state index in [0.29, 0.717) is 13.0 Å². The second-order valence-electron chi connectivity index (χ2n) is 3.10. The van der Waals surface area contributed by atoms with Gasteiger partial charge in [0.15, 0.2) is 0 Å². The molecule has 0 aromatic carbocycles. The number of allylic oxidation sites excluding steroid dienone is 1. The van der Waals surface area contributed by atoms with E-state index in [-0.39, 0.29) is 11.8 Å². The highest BCUT2D eigenvalue weighted by molar-refractivity contribution is 5.81. The van der Waals surface area contributed by atoms with Crippen molar-refractivity contribution in [1.29, 1.82) is 0 Å². The van der Waals surface area contributed by atoms with E-state index in [1.54, 1.807) is 19.9 Å². The lowest BCUT2D eigenvalue weighted by Gasteiger charge is -1.95. The molecule has 3 nitrogen and oxygen atoms in total. The quantitative estimate of drug-likeness (QED) is 0.358. The summed E-state index contributed by atoms with van der Waals surface area (Å²) in [6, 6.07) is 0. The highest BCUT2D eigenvalue weighted by Gasteiger charge is 1.94. The Hall–Kier alpha value is -1.12. The monoisotopic (exact) mass is 198 g/mol. The minimum absolute atomic E-state index is 0.222. The molecular weight excluding hydrogens is 180 g/mol. The second kappa shape index (κ2) is 8.48. The molecule has 0 spiro atoms. The van der Waals surface area contributed by atoms with Crippen molar-refractivity contribution >= 4 is 11.8 Å². The molecule has 0 bridgehead atoms. The van der Waals surface area contributed by atoms with Gasteiger partial charge in [0.25, 0.3) is 0 Å². The van der Waals surface area contributed by atoms with Crippen LogP contribution >= 0.6 is 0 Å². The SMILES string of the molecule is CCOC(=O)/C=C/CCCCC(C)=O. The van der Waals surface area contributed by atoms with E-state index >= 15 is 0 Å². The minimum Gasteiger partial charge on any atom is -0.463 e. The van der Waals surface area contributed by atoms with Gasteiger partial charge in [0.1, 0.15) is 5.78 Å².